The molecule has 0 saturated heterocycles. The van der Waals surface area contributed by atoms with Crippen LogP contribution >= 0.6 is 15.9 Å². The van der Waals surface area contributed by atoms with Crippen LogP contribution < -0.4 is 0 Å². The largest absolute Gasteiger partial charge is 0.343 e. The Morgan fingerprint density at radius 3 is 2.58 bits per heavy atom. The van der Waals surface area contributed by atoms with Gasteiger partial charge < -0.3 is 4.57 Å². The topological polar surface area (TPSA) is 4.93 Å². The minimum atomic E-state index is -0.271. The van der Waals surface area contributed by atoms with Crippen LogP contribution in [0.4, 0.5) is 8.78 Å². The molecule has 96 valence electrons. The first-order chi connectivity index (χ1) is 9.11. The van der Waals surface area contributed by atoms with Gasteiger partial charge >= 0.3 is 0 Å². The molecule has 19 heavy (non-hydrogen) atoms. The van der Waals surface area contributed by atoms with E-state index in [1.54, 1.807) is 6.07 Å². The summed E-state index contributed by atoms with van der Waals surface area (Å²) >= 11 is 3.28. The van der Waals surface area contributed by atoms with Crippen molar-refractivity contribution in [3.63, 3.8) is 0 Å². The SMILES string of the molecule is Fc1cc(Br)cc(Cn2ccc3cc(F)ccc32)c1. The van der Waals surface area contributed by atoms with E-state index in [2.05, 4.69) is 15.9 Å². The van der Waals surface area contributed by atoms with Crippen molar-refractivity contribution < 1.29 is 8.78 Å². The fourth-order valence-electron chi connectivity index (χ4n) is 2.21. The maximum Gasteiger partial charge on any atom is 0.124 e. The molecule has 0 aliphatic rings. The molecule has 0 aliphatic heterocycles. The number of benzene rings is 2. The normalized spacial score (nSPS) is 11.1. The summed E-state index contributed by atoms with van der Waals surface area (Å²) in [6.45, 7) is 0.547. The summed E-state index contributed by atoms with van der Waals surface area (Å²) in [4.78, 5) is 0. The standard InChI is InChI=1S/C15H10BrF2N/c16-12-5-10(6-14(18)8-12)9-19-4-3-11-7-13(17)1-2-15(11)19/h1-8H,9H2. The number of rotatable bonds is 2. The first kappa shape index (κ1) is 12.4. The van der Waals surface area contributed by atoms with Gasteiger partial charge in [0.25, 0.3) is 0 Å². The molecule has 0 amide bonds. The maximum absolute atomic E-state index is 13.3. The van der Waals surface area contributed by atoms with Gasteiger partial charge in [0.1, 0.15) is 11.6 Å². The highest BCUT2D eigenvalue weighted by atomic mass is 79.9. The van der Waals surface area contributed by atoms with E-state index in [0.717, 1.165) is 16.5 Å². The van der Waals surface area contributed by atoms with Crippen LogP contribution in [0.3, 0.4) is 0 Å². The summed E-state index contributed by atoms with van der Waals surface area (Å²) in [6.07, 6.45) is 1.88. The highest BCUT2D eigenvalue weighted by Gasteiger charge is 2.05. The molecule has 2 aromatic carbocycles. The Bertz CT molecular complexity index is 729. The summed E-state index contributed by atoms with van der Waals surface area (Å²) in [5, 5.41) is 0.843. The number of nitrogens with zero attached hydrogens (tertiary/aromatic N) is 1. The zero-order valence-electron chi connectivity index (χ0n) is 9.91. The van der Waals surface area contributed by atoms with Crippen molar-refractivity contribution in [3.8, 4) is 0 Å². The number of hydrogen-bond donors (Lipinski definition) is 0. The van der Waals surface area contributed by atoms with Gasteiger partial charge in [0.15, 0.2) is 0 Å². The van der Waals surface area contributed by atoms with Crippen molar-refractivity contribution in [1.29, 1.82) is 0 Å². The second-order valence-corrected chi connectivity index (χ2v) is 5.34. The average molecular weight is 322 g/mol. The van der Waals surface area contributed by atoms with Gasteiger partial charge in [-0.15, -0.1) is 0 Å². The van der Waals surface area contributed by atoms with Crippen molar-refractivity contribution >= 4 is 26.8 Å². The zero-order valence-corrected chi connectivity index (χ0v) is 11.5. The Morgan fingerprint density at radius 1 is 0.947 bits per heavy atom. The summed E-state index contributed by atoms with van der Waals surface area (Å²) in [6, 6.07) is 11.3. The van der Waals surface area contributed by atoms with Gasteiger partial charge in [-0.3, -0.25) is 0 Å². The van der Waals surface area contributed by atoms with E-state index in [9.17, 15) is 8.78 Å². The molecule has 0 atom stereocenters. The molecule has 0 spiro atoms. The highest BCUT2D eigenvalue weighted by Crippen LogP contribution is 2.20. The third-order valence-corrected chi connectivity index (χ3v) is 3.47. The molecule has 0 fully saturated rings. The predicted molar refractivity (Wildman–Crippen MR) is 75.1 cm³/mol. The second kappa shape index (κ2) is 4.78. The van der Waals surface area contributed by atoms with Crippen molar-refractivity contribution in [1.82, 2.24) is 4.57 Å². The molecule has 1 heterocycles. The molecule has 3 rings (SSSR count). The van der Waals surface area contributed by atoms with Crippen LogP contribution in [0.5, 0.6) is 0 Å². The molecule has 0 bridgehead atoms. The maximum atomic E-state index is 13.3. The molecule has 0 aliphatic carbocycles. The summed E-state index contributed by atoms with van der Waals surface area (Å²) in [5.41, 5.74) is 1.79. The molecule has 0 radical (unpaired) electrons. The van der Waals surface area contributed by atoms with E-state index in [1.807, 2.05) is 22.9 Å². The Labute approximate surface area is 117 Å². The van der Waals surface area contributed by atoms with E-state index < -0.39 is 0 Å². The minimum Gasteiger partial charge on any atom is -0.343 e. The molecule has 0 N–H and O–H groups in total. The fourth-order valence-corrected chi connectivity index (χ4v) is 2.72. The van der Waals surface area contributed by atoms with Gasteiger partial charge in [-0.1, -0.05) is 15.9 Å². The third kappa shape index (κ3) is 2.54. The van der Waals surface area contributed by atoms with Crippen LogP contribution in [0.25, 0.3) is 10.9 Å². The van der Waals surface area contributed by atoms with E-state index in [4.69, 9.17) is 0 Å². The van der Waals surface area contributed by atoms with Crippen LogP contribution in [0.2, 0.25) is 0 Å². The smallest absolute Gasteiger partial charge is 0.124 e. The van der Waals surface area contributed by atoms with Crippen molar-refractivity contribution in [2.24, 2.45) is 0 Å². The molecular weight excluding hydrogens is 312 g/mol. The Hall–Kier alpha value is -1.68. The van der Waals surface area contributed by atoms with Gasteiger partial charge in [0, 0.05) is 28.1 Å². The van der Waals surface area contributed by atoms with E-state index in [0.29, 0.717) is 11.0 Å². The van der Waals surface area contributed by atoms with Gasteiger partial charge in [-0.25, -0.2) is 8.78 Å². The van der Waals surface area contributed by atoms with Gasteiger partial charge in [0.05, 0.1) is 0 Å². The molecular formula is C15H10BrF2N. The highest BCUT2D eigenvalue weighted by molar-refractivity contribution is 9.10. The van der Waals surface area contributed by atoms with E-state index in [-0.39, 0.29) is 11.6 Å². The van der Waals surface area contributed by atoms with Crippen molar-refractivity contribution in [2.45, 2.75) is 6.54 Å². The molecule has 3 aromatic rings. The zero-order chi connectivity index (χ0) is 13.4. The lowest BCUT2D eigenvalue weighted by Crippen LogP contribution is -1.98. The van der Waals surface area contributed by atoms with Crippen molar-refractivity contribution in [2.75, 3.05) is 0 Å². The molecule has 0 saturated carbocycles. The lowest BCUT2D eigenvalue weighted by molar-refractivity contribution is 0.623. The lowest BCUT2D eigenvalue weighted by atomic mass is 10.2. The monoisotopic (exact) mass is 321 g/mol. The number of halogens is 3. The first-order valence-electron chi connectivity index (χ1n) is 5.81. The van der Waals surface area contributed by atoms with E-state index in [1.165, 1.54) is 24.3 Å². The van der Waals surface area contributed by atoms with Gasteiger partial charge in [-0.05, 0) is 48.0 Å². The lowest BCUT2D eigenvalue weighted by Gasteiger charge is -2.06. The minimum absolute atomic E-state index is 0.251. The van der Waals surface area contributed by atoms with Crippen LogP contribution in [0, 0.1) is 11.6 Å². The summed E-state index contributed by atoms with van der Waals surface area (Å²) < 4.78 is 29.1. The number of fused-ring (bicyclic) bond motifs is 1. The Kier molecular flexibility index (Phi) is 3.11. The van der Waals surface area contributed by atoms with Gasteiger partial charge in [-0.2, -0.15) is 0 Å². The molecule has 1 nitrogen and oxygen atoms in total. The predicted octanol–water partition coefficient (Wildman–Crippen LogP) is 4.73. The number of hydrogen-bond acceptors (Lipinski definition) is 0. The third-order valence-electron chi connectivity index (χ3n) is 3.01. The molecule has 1 aromatic heterocycles. The van der Waals surface area contributed by atoms with Crippen LogP contribution in [-0.4, -0.2) is 4.57 Å². The van der Waals surface area contributed by atoms with Crippen LogP contribution in [-0.2, 0) is 6.54 Å². The number of aromatic nitrogens is 1. The van der Waals surface area contributed by atoms with E-state index >= 15 is 0 Å². The molecule has 4 heteroatoms. The Morgan fingerprint density at radius 2 is 1.79 bits per heavy atom. The quantitative estimate of drug-likeness (QED) is 0.643. The van der Waals surface area contributed by atoms with Gasteiger partial charge in [0.2, 0.25) is 0 Å². The van der Waals surface area contributed by atoms with Crippen LogP contribution in [0.15, 0.2) is 53.1 Å². The van der Waals surface area contributed by atoms with Crippen molar-refractivity contribution in [3.05, 3.63) is 70.3 Å². The molecule has 0 unspecified atom stereocenters. The fraction of sp³-hybridized carbons (Fsp3) is 0.0667. The Balaban J connectivity index is 2.01. The average Bonchev–Trinajstić information content (AvgIpc) is 2.70. The summed E-state index contributed by atoms with van der Waals surface area (Å²) in [7, 11) is 0. The summed E-state index contributed by atoms with van der Waals surface area (Å²) in [5.74, 6) is -0.523. The van der Waals surface area contributed by atoms with Crippen LogP contribution in [0.1, 0.15) is 5.56 Å². The second-order valence-electron chi connectivity index (χ2n) is 4.42. The first-order valence-corrected chi connectivity index (χ1v) is 6.60.